The van der Waals surface area contributed by atoms with Gasteiger partial charge in [0.05, 0.1) is 22.6 Å². The van der Waals surface area contributed by atoms with Crippen LogP contribution in [0.2, 0.25) is 0 Å². The van der Waals surface area contributed by atoms with Crippen molar-refractivity contribution in [1.82, 2.24) is 16.0 Å². The Morgan fingerprint density at radius 3 is 2.47 bits per heavy atom. The summed E-state index contributed by atoms with van der Waals surface area (Å²) >= 11 is 3.95. The zero-order chi connectivity index (χ0) is 25.4. The van der Waals surface area contributed by atoms with Gasteiger partial charge in [-0.05, 0) is 18.1 Å². The molecule has 2 amide bonds. The number of hydrogen-bond donors (Lipinski definition) is 7. The number of nitrogens with zero attached hydrogens (tertiary/aromatic N) is 1. The van der Waals surface area contributed by atoms with Crippen molar-refractivity contribution in [1.29, 1.82) is 0 Å². The fraction of sp³-hybridized carbons (Fsp3) is 0.400. The van der Waals surface area contributed by atoms with Crippen LogP contribution in [0.15, 0.2) is 24.3 Å². The van der Waals surface area contributed by atoms with Crippen molar-refractivity contribution < 1.29 is 39.4 Å². The van der Waals surface area contributed by atoms with E-state index in [1.807, 2.05) is 0 Å². The molecule has 1 aliphatic rings. The molecule has 0 spiro atoms. The highest BCUT2D eigenvalue weighted by Gasteiger charge is 2.33. The van der Waals surface area contributed by atoms with Gasteiger partial charge in [0.1, 0.15) is 18.6 Å². The minimum Gasteiger partial charge on any atom is -0.480 e. The van der Waals surface area contributed by atoms with Crippen LogP contribution in [-0.2, 0) is 19.2 Å². The smallest absolute Gasteiger partial charge is 0.322 e. The quantitative estimate of drug-likeness (QED) is 0.112. The highest BCUT2D eigenvalue weighted by Crippen LogP contribution is 2.34. The van der Waals surface area contributed by atoms with Gasteiger partial charge in [0.2, 0.25) is 11.8 Å². The van der Waals surface area contributed by atoms with Crippen molar-refractivity contribution in [3.63, 3.8) is 0 Å². The summed E-state index contributed by atoms with van der Waals surface area (Å²) in [5.41, 5.74) is 0.379. The molecule has 184 valence electrons. The maximum Gasteiger partial charge on any atom is 0.322 e. The molecule has 1 aliphatic carbocycles. The van der Waals surface area contributed by atoms with Gasteiger partial charge in [0, 0.05) is 18.2 Å². The number of benzene rings is 1. The Labute approximate surface area is 198 Å². The summed E-state index contributed by atoms with van der Waals surface area (Å²) in [6.07, 6.45) is 0.990. The van der Waals surface area contributed by atoms with E-state index in [2.05, 4.69) is 28.6 Å². The van der Waals surface area contributed by atoms with Crippen LogP contribution >= 0.6 is 12.6 Å². The second kappa shape index (κ2) is 12.1. The standard InChI is InChI=1S/C20H24N4O9S/c25-15-6-4-10-11(2-1-3-14(10)24(32)33)18(15)23-12(20(30)31)5-7-16(26)22-13(9-34)19(29)21-8-17(27)28/h1-4,6,12-13,15,18,23,25,34H,5,7-9H2,(H,21,29)(H,22,26)(H,27,28)(H,30,31)/t12-,13-,15?,18?/m0/s1. The molecule has 4 atom stereocenters. The average molecular weight is 496 g/mol. The molecule has 1 aromatic carbocycles. The van der Waals surface area contributed by atoms with Gasteiger partial charge in [-0.3, -0.25) is 34.6 Å². The second-order valence-electron chi connectivity index (χ2n) is 7.37. The number of carbonyl (C=O) groups is 4. The lowest BCUT2D eigenvalue weighted by Crippen LogP contribution is -2.49. The third-order valence-electron chi connectivity index (χ3n) is 5.04. The topological polar surface area (TPSA) is 208 Å². The number of aliphatic hydroxyl groups excluding tert-OH is 1. The monoisotopic (exact) mass is 496 g/mol. The molecule has 2 rings (SSSR count). The van der Waals surface area contributed by atoms with E-state index in [1.165, 1.54) is 30.4 Å². The van der Waals surface area contributed by atoms with Gasteiger partial charge >= 0.3 is 11.9 Å². The van der Waals surface area contributed by atoms with Gasteiger partial charge < -0.3 is 26.0 Å². The average Bonchev–Trinajstić information content (AvgIpc) is 2.78. The summed E-state index contributed by atoms with van der Waals surface area (Å²) in [4.78, 5) is 57.2. The van der Waals surface area contributed by atoms with Crippen LogP contribution in [0.25, 0.3) is 6.08 Å². The van der Waals surface area contributed by atoms with Crippen molar-refractivity contribution in [2.45, 2.75) is 37.1 Å². The van der Waals surface area contributed by atoms with Crippen LogP contribution in [0.4, 0.5) is 5.69 Å². The summed E-state index contributed by atoms with van der Waals surface area (Å²) in [5, 5.41) is 47.1. The first-order chi connectivity index (χ1) is 16.0. The van der Waals surface area contributed by atoms with Crippen molar-refractivity contribution in [3.05, 3.63) is 45.5 Å². The molecule has 2 unspecified atom stereocenters. The van der Waals surface area contributed by atoms with Crippen molar-refractivity contribution in [2.75, 3.05) is 12.3 Å². The summed E-state index contributed by atoms with van der Waals surface area (Å²) in [7, 11) is 0. The fourth-order valence-electron chi connectivity index (χ4n) is 3.38. The maximum atomic E-state index is 12.3. The normalized spacial score (nSPS) is 18.3. The Kier molecular flexibility index (Phi) is 9.53. The van der Waals surface area contributed by atoms with E-state index in [-0.39, 0.29) is 29.8 Å². The molecule has 0 saturated heterocycles. The maximum absolute atomic E-state index is 12.3. The van der Waals surface area contributed by atoms with Gasteiger partial charge in [0.15, 0.2) is 0 Å². The SMILES string of the molecule is O=C(O)CNC(=O)[C@H](CS)NC(=O)CC[C@H](NC1c2cccc([N+](=O)[O-])c2C=CC1O)C(=O)O. The number of hydrogen-bond acceptors (Lipinski definition) is 9. The first kappa shape index (κ1) is 26.8. The van der Waals surface area contributed by atoms with E-state index >= 15 is 0 Å². The molecule has 6 N–H and O–H groups in total. The van der Waals surface area contributed by atoms with E-state index < -0.39 is 59.5 Å². The summed E-state index contributed by atoms with van der Waals surface area (Å²) < 4.78 is 0. The van der Waals surface area contributed by atoms with E-state index in [0.717, 1.165) is 0 Å². The number of aliphatic hydroxyl groups is 1. The first-order valence-electron chi connectivity index (χ1n) is 10.1. The van der Waals surface area contributed by atoms with Gasteiger partial charge in [-0.1, -0.05) is 18.2 Å². The lowest BCUT2D eigenvalue weighted by atomic mass is 9.89. The third-order valence-corrected chi connectivity index (χ3v) is 5.40. The van der Waals surface area contributed by atoms with Crippen LogP contribution in [0.3, 0.4) is 0 Å². The van der Waals surface area contributed by atoms with Crippen LogP contribution in [0, 0.1) is 10.1 Å². The van der Waals surface area contributed by atoms with E-state index in [0.29, 0.717) is 5.56 Å². The molecular weight excluding hydrogens is 472 g/mol. The van der Waals surface area contributed by atoms with Crippen molar-refractivity contribution >= 4 is 48.1 Å². The Bertz CT molecular complexity index is 1000. The van der Waals surface area contributed by atoms with Crippen LogP contribution < -0.4 is 16.0 Å². The molecule has 34 heavy (non-hydrogen) atoms. The number of carboxylic acid groups (broad SMARTS) is 2. The number of thiol groups is 1. The Morgan fingerprint density at radius 2 is 1.88 bits per heavy atom. The molecule has 0 fully saturated rings. The van der Waals surface area contributed by atoms with Crippen LogP contribution in [-0.4, -0.2) is 74.5 Å². The molecule has 0 saturated carbocycles. The number of carbonyl (C=O) groups excluding carboxylic acids is 2. The number of nitrogens with one attached hydrogen (secondary N) is 3. The predicted molar refractivity (Wildman–Crippen MR) is 121 cm³/mol. The highest BCUT2D eigenvalue weighted by molar-refractivity contribution is 7.80. The number of rotatable bonds is 12. The number of nitro benzene ring substituents is 1. The summed E-state index contributed by atoms with van der Waals surface area (Å²) in [5.74, 6) is -4.12. The predicted octanol–water partition coefficient (Wildman–Crippen LogP) is -0.538. The van der Waals surface area contributed by atoms with Crippen LogP contribution in [0.1, 0.15) is 30.0 Å². The molecule has 0 aromatic heterocycles. The number of amides is 2. The molecule has 0 heterocycles. The minimum atomic E-state index is -1.31. The van der Waals surface area contributed by atoms with E-state index in [9.17, 15) is 39.5 Å². The zero-order valence-electron chi connectivity index (χ0n) is 17.7. The van der Waals surface area contributed by atoms with Gasteiger partial charge in [-0.2, -0.15) is 12.6 Å². The van der Waals surface area contributed by atoms with Gasteiger partial charge in [-0.25, -0.2) is 0 Å². The fourth-order valence-corrected chi connectivity index (χ4v) is 3.63. The Morgan fingerprint density at radius 1 is 1.18 bits per heavy atom. The van der Waals surface area contributed by atoms with E-state index in [4.69, 9.17) is 5.11 Å². The van der Waals surface area contributed by atoms with Gasteiger partial charge in [0.25, 0.3) is 5.69 Å². The molecule has 13 nitrogen and oxygen atoms in total. The summed E-state index contributed by atoms with van der Waals surface area (Å²) in [6.45, 7) is -0.637. The molecule has 0 aliphatic heterocycles. The van der Waals surface area contributed by atoms with Gasteiger partial charge in [-0.15, -0.1) is 0 Å². The largest absolute Gasteiger partial charge is 0.480 e. The number of aliphatic carboxylic acids is 2. The highest BCUT2D eigenvalue weighted by atomic mass is 32.1. The Balaban J connectivity index is 2.06. The minimum absolute atomic E-state index is 0.117. The van der Waals surface area contributed by atoms with Crippen LogP contribution in [0.5, 0.6) is 0 Å². The molecule has 0 radical (unpaired) electrons. The molecule has 1 aromatic rings. The number of carboxylic acids is 2. The van der Waals surface area contributed by atoms with Crippen molar-refractivity contribution in [3.8, 4) is 0 Å². The Hall–Kier alpha value is -3.49. The molecule has 14 heteroatoms. The number of nitro groups is 1. The molecular formula is C20H24N4O9S. The summed E-state index contributed by atoms with van der Waals surface area (Å²) in [6, 6.07) is 0.847. The molecule has 0 bridgehead atoms. The van der Waals surface area contributed by atoms with E-state index in [1.54, 1.807) is 0 Å². The first-order valence-corrected chi connectivity index (χ1v) is 10.7. The van der Waals surface area contributed by atoms with Crippen molar-refractivity contribution in [2.24, 2.45) is 0 Å². The zero-order valence-corrected chi connectivity index (χ0v) is 18.6. The second-order valence-corrected chi connectivity index (χ2v) is 7.74. The third kappa shape index (κ3) is 7.00. The lowest BCUT2D eigenvalue weighted by molar-refractivity contribution is -0.385. The lowest BCUT2D eigenvalue weighted by Gasteiger charge is -2.30. The number of fused-ring (bicyclic) bond motifs is 1.